The quantitative estimate of drug-likeness (QED) is 0.823. The number of hydrogen-bond donors (Lipinski definition) is 1. The van der Waals surface area contributed by atoms with Crippen LogP contribution in [0.3, 0.4) is 0 Å². The minimum absolute atomic E-state index is 0.0213. The zero-order valence-corrected chi connectivity index (χ0v) is 14.6. The van der Waals surface area contributed by atoms with E-state index in [4.69, 9.17) is 16.7 Å². The highest BCUT2D eigenvalue weighted by Gasteiger charge is 2.26. The van der Waals surface area contributed by atoms with Gasteiger partial charge in [0.05, 0.1) is 10.5 Å². The highest BCUT2D eigenvalue weighted by molar-refractivity contribution is 7.89. The van der Waals surface area contributed by atoms with Crippen molar-refractivity contribution in [1.82, 2.24) is 4.31 Å². The molecule has 0 aliphatic heterocycles. The molecule has 2 aromatic carbocycles. The summed E-state index contributed by atoms with van der Waals surface area (Å²) in [5.74, 6) is -4.91. The van der Waals surface area contributed by atoms with E-state index in [9.17, 15) is 22.0 Å². The number of hydrogen-bond acceptors (Lipinski definition) is 3. The summed E-state index contributed by atoms with van der Waals surface area (Å²) in [6, 6.07) is 7.96. The first kappa shape index (κ1) is 19.3. The second-order valence-electron chi connectivity index (χ2n) is 5.24. The highest BCUT2D eigenvalue weighted by Crippen LogP contribution is 2.22. The Morgan fingerprint density at radius 3 is 2.48 bits per heavy atom. The lowest BCUT2D eigenvalue weighted by Crippen LogP contribution is -2.29. The smallest absolute Gasteiger partial charge is 0.338 e. The average Bonchev–Trinajstić information content (AvgIpc) is 2.55. The van der Waals surface area contributed by atoms with Gasteiger partial charge in [0.25, 0.3) is 0 Å². The van der Waals surface area contributed by atoms with Crippen molar-refractivity contribution in [2.75, 3.05) is 13.6 Å². The third-order valence-electron chi connectivity index (χ3n) is 3.59. The molecule has 0 aliphatic rings. The van der Waals surface area contributed by atoms with Crippen LogP contribution in [0.5, 0.6) is 0 Å². The first-order chi connectivity index (χ1) is 11.6. The van der Waals surface area contributed by atoms with Gasteiger partial charge in [0.15, 0.2) is 11.6 Å². The number of sulfonamides is 1. The Bertz CT molecular complexity index is 918. The fourth-order valence-electron chi connectivity index (χ4n) is 2.15. The summed E-state index contributed by atoms with van der Waals surface area (Å²) in [5, 5.41) is 9.35. The van der Waals surface area contributed by atoms with Crippen LogP contribution in [0.4, 0.5) is 8.78 Å². The molecule has 0 bridgehead atoms. The molecule has 9 heteroatoms. The van der Waals surface area contributed by atoms with Crippen molar-refractivity contribution in [1.29, 1.82) is 0 Å². The van der Waals surface area contributed by atoms with Gasteiger partial charge in [0, 0.05) is 18.6 Å². The highest BCUT2D eigenvalue weighted by atomic mass is 35.5. The number of aromatic carboxylic acids is 1. The van der Waals surface area contributed by atoms with E-state index < -0.39 is 38.1 Å². The van der Waals surface area contributed by atoms with Crippen molar-refractivity contribution in [3.8, 4) is 0 Å². The molecule has 134 valence electrons. The Morgan fingerprint density at radius 1 is 1.24 bits per heavy atom. The van der Waals surface area contributed by atoms with Crippen LogP contribution in [-0.4, -0.2) is 37.4 Å². The predicted octanol–water partition coefficient (Wildman–Crippen LogP) is 3.18. The Hall–Kier alpha value is -2.03. The van der Waals surface area contributed by atoms with Gasteiger partial charge in [-0.1, -0.05) is 29.8 Å². The molecule has 5 nitrogen and oxygen atoms in total. The molecule has 2 aromatic rings. The van der Waals surface area contributed by atoms with E-state index in [2.05, 4.69) is 0 Å². The van der Waals surface area contributed by atoms with Crippen LogP contribution < -0.4 is 0 Å². The number of rotatable bonds is 6. The lowest BCUT2D eigenvalue weighted by Gasteiger charge is -2.18. The van der Waals surface area contributed by atoms with Gasteiger partial charge in [-0.15, -0.1) is 0 Å². The summed E-state index contributed by atoms with van der Waals surface area (Å²) in [5.41, 5.74) is -0.319. The normalized spacial score (nSPS) is 11.7. The summed E-state index contributed by atoms with van der Waals surface area (Å²) in [7, 11) is -2.94. The van der Waals surface area contributed by atoms with Crippen LogP contribution >= 0.6 is 11.6 Å². The number of halogens is 3. The zero-order valence-electron chi connectivity index (χ0n) is 13.0. The fraction of sp³-hybridized carbons (Fsp3) is 0.188. The van der Waals surface area contributed by atoms with Crippen LogP contribution in [0.2, 0.25) is 5.02 Å². The maximum atomic E-state index is 13.6. The number of nitrogens with zero attached hydrogens (tertiary/aromatic N) is 1. The Labute approximate surface area is 148 Å². The van der Waals surface area contributed by atoms with Gasteiger partial charge in [0.1, 0.15) is 0 Å². The molecule has 0 fully saturated rings. The second-order valence-corrected chi connectivity index (χ2v) is 7.69. The molecule has 25 heavy (non-hydrogen) atoms. The van der Waals surface area contributed by atoms with E-state index in [1.165, 1.54) is 7.05 Å². The molecule has 1 N–H and O–H groups in total. The van der Waals surface area contributed by atoms with E-state index in [1.54, 1.807) is 24.3 Å². The van der Waals surface area contributed by atoms with Gasteiger partial charge in [-0.05, 0) is 30.2 Å². The molecule has 0 amide bonds. The van der Waals surface area contributed by atoms with E-state index >= 15 is 0 Å². The standard InChI is InChI=1S/C16H14ClF2NO4S/c1-20(7-6-10-4-2-3-5-13(10)17)25(23,24)11-8-12(16(21)22)15(19)14(18)9-11/h2-5,8-9H,6-7H2,1H3,(H,21,22). The van der Waals surface area contributed by atoms with Crippen molar-refractivity contribution in [3.05, 3.63) is 64.2 Å². The Morgan fingerprint density at radius 2 is 1.88 bits per heavy atom. The number of likely N-dealkylation sites (N-methyl/N-ethyl adjacent to an activating group) is 1. The Kier molecular flexibility index (Phi) is 5.76. The van der Waals surface area contributed by atoms with Crippen molar-refractivity contribution in [2.24, 2.45) is 0 Å². The molecular formula is C16H14ClF2NO4S. The van der Waals surface area contributed by atoms with Gasteiger partial charge >= 0.3 is 5.97 Å². The van der Waals surface area contributed by atoms with Crippen LogP contribution in [0.1, 0.15) is 15.9 Å². The second kappa shape index (κ2) is 7.47. The fourth-order valence-corrected chi connectivity index (χ4v) is 3.59. The number of carbonyl (C=O) groups is 1. The van der Waals surface area contributed by atoms with E-state index in [1.807, 2.05) is 0 Å². The number of carboxylic acids is 1. The number of carboxylic acid groups (broad SMARTS) is 1. The maximum absolute atomic E-state index is 13.6. The van der Waals surface area contributed by atoms with Crippen LogP contribution in [0, 0.1) is 11.6 Å². The van der Waals surface area contributed by atoms with Crippen molar-refractivity contribution in [2.45, 2.75) is 11.3 Å². The van der Waals surface area contributed by atoms with Gasteiger partial charge in [-0.3, -0.25) is 0 Å². The largest absolute Gasteiger partial charge is 0.478 e. The molecule has 2 rings (SSSR count). The lowest BCUT2D eigenvalue weighted by molar-refractivity contribution is 0.0690. The van der Waals surface area contributed by atoms with E-state index in [0.717, 1.165) is 9.87 Å². The molecule has 0 radical (unpaired) electrons. The predicted molar refractivity (Wildman–Crippen MR) is 88.3 cm³/mol. The van der Waals surface area contributed by atoms with Crippen LogP contribution in [-0.2, 0) is 16.4 Å². The summed E-state index contributed by atoms with van der Waals surface area (Å²) >= 11 is 6.01. The first-order valence-corrected chi connectivity index (χ1v) is 8.88. The van der Waals surface area contributed by atoms with Crippen LogP contribution in [0.15, 0.2) is 41.3 Å². The third kappa shape index (κ3) is 4.15. The average molecular weight is 390 g/mol. The zero-order chi connectivity index (χ0) is 18.8. The molecular weight excluding hydrogens is 376 g/mol. The maximum Gasteiger partial charge on any atom is 0.338 e. The molecule has 0 atom stereocenters. The van der Waals surface area contributed by atoms with Gasteiger partial charge < -0.3 is 5.11 Å². The van der Waals surface area contributed by atoms with Gasteiger partial charge in [0.2, 0.25) is 10.0 Å². The molecule has 0 spiro atoms. The molecule has 0 aliphatic carbocycles. The van der Waals surface area contributed by atoms with Gasteiger partial charge in [-0.2, -0.15) is 0 Å². The van der Waals surface area contributed by atoms with E-state index in [-0.39, 0.29) is 6.54 Å². The lowest BCUT2D eigenvalue weighted by atomic mass is 10.1. The summed E-state index contributed by atoms with van der Waals surface area (Å²) in [6.07, 6.45) is 0.296. The minimum Gasteiger partial charge on any atom is -0.478 e. The minimum atomic E-state index is -4.20. The number of benzene rings is 2. The van der Waals surface area contributed by atoms with Gasteiger partial charge in [-0.25, -0.2) is 26.3 Å². The summed E-state index contributed by atoms with van der Waals surface area (Å²) in [4.78, 5) is 10.3. The monoisotopic (exact) mass is 389 g/mol. The SMILES string of the molecule is CN(CCc1ccccc1Cl)S(=O)(=O)c1cc(F)c(F)c(C(=O)O)c1. The van der Waals surface area contributed by atoms with Crippen molar-refractivity contribution in [3.63, 3.8) is 0 Å². The molecule has 0 aromatic heterocycles. The van der Waals surface area contributed by atoms with Crippen molar-refractivity contribution >= 4 is 27.6 Å². The van der Waals surface area contributed by atoms with Crippen molar-refractivity contribution < 1.29 is 27.1 Å². The molecule has 0 heterocycles. The third-order valence-corrected chi connectivity index (χ3v) is 5.80. The topological polar surface area (TPSA) is 74.7 Å². The summed E-state index contributed by atoms with van der Waals surface area (Å²) < 4.78 is 52.9. The molecule has 0 saturated carbocycles. The molecule has 0 unspecified atom stereocenters. The van der Waals surface area contributed by atoms with Crippen LogP contribution in [0.25, 0.3) is 0 Å². The summed E-state index contributed by atoms with van der Waals surface area (Å²) in [6.45, 7) is 0.0213. The van der Waals surface area contributed by atoms with E-state index in [0.29, 0.717) is 23.6 Å². The molecule has 0 saturated heterocycles. The first-order valence-electron chi connectivity index (χ1n) is 7.06. The Balaban J connectivity index is 2.29.